The number of carbonyl (C=O) groups excluding carboxylic acids is 3. The van der Waals surface area contributed by atoms with E-state index in [1.165, 1.54) is 6.07 Å². The first kappa shape index (κ1) is 30.6. The van der Waals surface area contributed by atoms with Crippen LogP contribution in [0.5, 0.6) is 0 Å². The van der Waals surface area contributed by atoms with Gasteiger partial charge in [0.15, 0.2) is 0 Å². The van der Waals surface area contributed by atoms with Gasteiger partial charge in [0.2, 0.25) is 17.7 Å². The van der Waals surface area contributed by atoms with Crippen molar-refractivity contribution < 1.29 is 18.8 Å². The van der Waals surface area contributed by atoms with Crippen molar-refractivity contribution in [2.24, 2.45) is 23.5 Å². The lowest BCUT2D eigenvalue weighted by Crippen LogP contribution is -2.50. The van der Waals surface area contributed by atoms with Gasteiger partial charge in [-0.15, -0.1) is 0 Å². The number of halogens is 2. The third kappa shape index (κ3) is 8.53. The number of amides is 3. The maximum Gasteiger partial charge on any atom is 0.245 e. The van der Waals surface area contributed by atoms with E-state index in [1.807, 2.05) is 45.0 Å². The zero-order valence-corrected chi connectivity index (χ0v) is 24.0. The number of unbranched alkanes of at least 4 members (excludes halogenated alkanes) is 1. The first-order valence-corrected chi connectivity index (χ1v) is 14.4. The van der Waals surface area contributed by atoms with E-state index in [-0.39, 0.29) is 22.8 Å². The normalized spacial score (nSPS) is 17.5. The molecule has 1 saturated heterocycles. The number of nitrogens with one attached hydrogen (secondary N) is 1. The van der Waals surface area contributed by atoms with Gasteiger partial charge in [-0.1, -0.05) is 69.5 Å². The summed E-state index contributed by atoms with van der Waals surface area (Å²) in [6.07, 6.45) is 5.03. The highest BCUT2D eigenvalue weighted by Crippen LogP contribution is 2.28. The molecule has 0 bridgehead atoms. The highest BCUT2D eigenvalue weighted by atomic mass is 35.5. The summed E-state index contributed by atoms with van der Waals surface area (Å²) in [5.74, 6) is -2.22. The lowest BCUT2D eigenvalue weighted by atomic mass is 9.81. The molecule has 3 atom stereocenters. The third-order valence-electron chi connectivity index (χ3n) is 7.43. The van der Waals surface area contributed by atoms with E-state index >= 15 is 0 Å². The van der Waals surface area contributed by atoms with Gasteiger partial charge in [-0.3, -0.25) is 14.4 Å². The molecule has 0 spiro atoms. The van der Waals surface area contributed by atoms with Gasteiger partial charge in [-0.05, 0) is 72.9 Å². The molecule has 0 aromatic heterocycles. The van der Waals surface area contributed by atoms with Crippen LogP contribution in [-0.2, 0) is 20.9 Å². The van der Waals surface area contributed by atoms with Crippen LogP contribution in [0.2, 0.25) is 5.02 Å². The van der Waals surface area contributed by atoms with Gasteiger partial charge in [-0.2, -0.15) is 0 Å². The molecule has 2 aromatic rings. The van der Waals surface area contributed by atoms with E-state index in [1.54, 1.807) is 17.0 Å². The Labute approximate surface area is 236 Å². The van der Waals surface area contributed by atoms with Crippen LogP contribution in [0.3, 0.4) is 0 Å². The molecule has 6 nitrogen and oxygen atoms in total. The predicted molar refractivity (Wildman–Crippen MR) is 153 cm³/mol. The number of nitrogens with zero attached hydrogens (tertiary/aromatic N) is 1. The molecule has 1 fully saturated rings. The van der Waals surface area contributed by atoms with Crippen molar-refractivity contribution in [1.82, 2.24) is 10.2 Å². The molecule has 1 aliphatic rings. The smallest absolute Gasteiger partial charge is 0.245 e. The van der Waals surface area contributed by atoms with Crippen molar-refractivity contribution in [3.05, 3.63) is 58.9 Å². The molecule has 3 amide bonds. The zero-order chi connectivity index (χ0) is 28.5. The zero-order valence-electron chi connectivity index (χ0n) is 23.2. The number of benzene rings is 2. The number of hydrogen-bond acceptors (Lipinski definition) is 3. The van der Waals surface area contributed by atoms with Gasteiger partial charge in [0, 0.05) is 24.9 Å². The fourth-order valence-corrected chi connectivity index (χ4v) is 5.53. The van der Waals surface area contributed by atoms with E-state index in [0.29, 0.717) is 32.4 Å². The van der Waals surface area contributed by atoms with Crippen LogP contribution in [0.15, 0.2) is 42.5 Å². The summed E-state index contributed by atoms with van der Waals surface area (Å²) in [5.41, 5.74) is 8.33. The van der Waals surface area contributed by atoms with Crippen molar-refractivity contribution >= 4 is 29.3 Å². The van der Waals surface area contributed by atoms with Crippen molar-refractivity contribution in [1.29, 1.82) is 0 Å². The second-order valence-corrected chi connectivity index (χ2v) is 11.4. The third-order valence-corrected chi connectivity index (χ3v) is 7.72. The summed E-state index contributed by atoms with van der Waals surface area (Å²) in [6.45, 7) is 7.06. The number of hydrogen-bond donors (Lipinski definition) is 2. The van der Waals surface area contributed by atoms with E-state index in [0.717, 1.165) is 42.4 Å². The Morgan fingerprint density at radius 3 is 2.54 bits per heavy atom. The number of nitrogens with two attached hydrogens (primary N) is 1. The number of rotatable bonds is 12. The van der Waals surface area contributed by atoms with Crippen molar-refractivity contribution in [3.63, 3.8) is 0 Å². The van der Waals surface area contributed by atoms with Crippen molar-refractivity contribution in [2.75, 3.05) is 6.54 Å². The van der Waals surface area contributed by atoms with Crippen LogP contribution >= 0.6 is 11.6 Å². The molecule has 0 unspecified atom stereocenters. The van der Waals surface area contributed by atoms with Gasteiger partial charge in [-0.25, -0.2) is 4.39 Å². The summed E-state index contributed by atoms with van der Waals surface area (Å²) < 4.78 is 13.6. The molecule has 1 aliphatic heterocycles. The summed E-state index contributed by atoms with van der Waals surface area (Å²) in [6, 6.07) is 11.7. The molecule has 0 aliphatic carbocycles. The molecule has 2 aromatic carbocycles. The molecule has 1 heterocycles. The van der Waals surface area contributed by atoms with E-state index in [9.17, 15) is 18.8 Å². The van der Waals surface area contributed by atoms with Crippen LogP contribution < -0.4 is 11.1 Å². The van der Waals surface area contributed by atoms with Crippen LogP contribution in [0.25, 0.3) is 11.1 Å². The topological polar surface area (TPSA) is 92.5 Å². The summed E-state index contributed by atoms with van der Waals surface area (Å²) in [5, 5.41) is 3.06. The summed E-state index contributed by atoms with van der Waals surface area (Å²) in [4.78, 5) is 41.2. The second-order valence-electron chi connectivity index (χ2n) is 11.0. The average molecular weight is 558 g/mol. The fraction of sp³-hybridized carbons (Fsp3) is 0.516. The van der Waals surface area contributed by atoms with Crippen LogP contribution in [-0.4, -0.2) is 35.2 Å². The first-order chi connectivity index (χ1) is 18.6. The highest BCUT2D eigenvalue weighted by molar-refractivity contribution is 6.31. The quantitative estimate of drug-likeness (QED) is 0.330. The molecule has 0 radical (unpaired) electrons. The number of carbonyl (C=O) groups is 3. The summed E-state index contributed by atoms with van der Waals surface area (Å²) in [7, 11) is 0. The maximum atomic E-state index is 13.6. The van der Waals surface area contributed by atoms with E-state index in [4.69, 9.17) is 17.3 Å². The monoisotopic (exact) mass is 557 g/mol. The average Bonchev–Trinajstić information content (AvgIpc) is 3.06. The molecule has 8 heteroatoms. The molecule has 212 valence electrons. The van der Waals surface area contributed by atoms with Crippen LogP contribution in [0.1, 0.15) is 71.3 Å². The lowest BCUT2D eigenvalue weighted by Gasteiger charge is -2.29. The Bertz CT molecular complexity index is 1160. The highest BCUT2D eigenvalue weighted by Gasteiger charge is 2.36. The van der Waals surface area contributed by atoms with Crippen molar-refractivity contribution in [2.45, 2.75) is 78.3 Å². The standard InChI is InChI=1S/C31H41ClFN3O3/c1-4-5-11-24(29(34)37)25(16-20(2)3)30(38)35-28-12-6-7-15-36(31(28)39)19-21-9-8-10-22(17-21)23-13-14-27(33)26(32)18-23/h8-10,13-14,17-18,20,24-25,28H,4-7,11-12,15-16,19H2,1-3H3,(H2,34,37)(H,35,38)/t24-,25+,28-/m0/s1. The minimum absolute atomic E-state index is 0.0585. The Morgan fingerprint density at radius 2 is 1.87 bits per heavy atom. The second kappa shape index (κ2) is 14.5. The van der Waals surface area contributed by atoms with Crippen LogP contribution in [0.4, 0.5) is 4.39 Å². The molecular formula is C31H41ClFN3O3. The van der Waals surface area contributed by atoms with Crippen LogP contribution in [0, 0.1) is 23.6 Å². The maximum absolute atomic E-state index is 13.6. The van der Waals surface area contributed by atoms with Gasteiger partial charge in [0.1, 0.15) is 11.9 Å². The Morgan fingerprint density at radius 1 is 1.13 bits per heavy atom. The molecular weight excluding hydrogens is 517 g/mol. The molecule has 3 N–H and O–H groups in total. The number of likely N-dealkylation sites (tertiary alicyclic amines) is 1. The number of primary amides is 1. The Balaban J connectivity index is 1.76. The van der Waals surface area contributed by atoms with Gasteiger partial charge >= 0.3 is 0 Å². The first-order valence-electron chi connectivity index (χ1n) is 14.0. The lowest BCUT2D eigenvalue weighted by molar-refractivity contribution is -0.139. The molecule has 0 saturated carbocycles. The Kier molecular flexibility index (Phi) is 11.3. The largest absolute Gasteiger partial charge is 0.369 e. The van der Waals surface area contributed by atoms with Gasteiger partial charge in [0.05, 0.1) is 5.02 Å². The van der Waals surface area contributed by atoms with Gasteiger partial charge in [0.25, 0.3) is 0 Å². The fourth-order valence-electron chi connectivity index (χ4n) is 5.35. The SMILES string of the molecule is CCCC[C@H](C(N)=O)[C@@H](CC(C)C)C(=O)N[C@H]1CCCCN(Cc2cccc(-c3ccc(F)c(Cl)c3)c2)C1=O. The van der Waals surface area contributed by atoms with E-state index < -0.39 is 29.6 Å². The molecule has 3 rings (SSSR count). The minimum Gasteiger partial charge on any atom is -0.369 e. The van der Waals surface area contributed by atoms with Crippen molar-refractivity contribution in [3.8, 4) is 11.1 Å². The summed E-state index contributed by atoms with van der Waals surface area (Å²) >= 11 is 5.98. The Hall–Kier alpha value is -2.93. The van der Waals surface area contributed by atoms with E-state index in [2.05, 4.69) is 5.32 Å². The molecule has 39 heavy (non-hydrogen) atoms. The predicted octanol–water partition coefficient (Wildman–Crippen LogP) is 6.10. The van der Waals surface area contributed by atoms with Gasteiger partial charge < -0.3 is 16.0 Å². The minimum atomic E-state index is -0.645.